The number of likely N-dealkylation sites (N-methyl/N-ethyl adjacent to an activating group) is 2. The summed E-state index contributed by atoms with van der Waals surface area (Å²) in [5.41, 5.74) is 18.0. The number of fused-ring (bicyclic) bond motifs is 4. The minimum Gasteiger partial charge on any atom is -0.410 e. The van der Waals surface area contributed by atoms with Gasteiger partial charge in [0.1, 0.15) is 12.0 Å². The third-order valence-corrected chi connectivity index (χ3v) is 10.0. The average Bonchev–Trinajstić information content (AvgIpc) is 3.95. The van der Waals surface area contributed by atoms with Crippen LogP contribution < -0.4 is 31.7 Å². The molecular formula is C51H75ClN8O6. The van der Waals surface area contributed by atoms with E-state index in [0.717, 1.165) is 81.9 Å². The van der Waals surface area contributed by atoms with Gasteiger partial charge in [0.05, 0.1) is 12.2 Å². The van der Waals surface area contributed by atoms with Crippen LogP contribution in [0.4, 0.5) is 21.0 Å². The van der Waals surface area contributed by atoms with Crippen molar-refractivity contribution in [1.29, 1.82) is 0 Å². The molecule has 3 heterocycles. The van der Waals surface area contributed by atoms with Crippen LogP contribution >= 0.6 is 11.6 Å². The first-order valence-corrected chi connectivity index (χ1v) is 23.5. The number of aromatic nitrogens is 1. The van der Waals surface area contributed by atoms with E-state index < -0.39 is 6.03 Å². The van der Waals surface area contributed by atoms with Crippen LogP contribution in [0.25, 0.3) is 21.7 Å². The molecule has 14 nitrogen and oxygen atoms in total. The topological polar surface area (TPSA) is 196 Å². The molecule has 4 amide bonds. The first kappa shape index (κ1) is 58.1. The summed E-state index contributed by atoms with van der Waals surface area (Å²) in [5.74, 6) is 0.422. The van der Waals surface area contributed by atoms with Crippen LogP contribution in [0.15, 0.2) is 72.8 Å². The Hall–Kier alpha value is -5.96. The standard InChI is InChI=1S/C20H26N2O2.C12H12N2O.C9H10N2O2.C4H10N2O.C3H8.C2H6.CH3Cl/c1-4-7-16-15(2)14-19(18-9-6-5-8-17(16)18)24-20(23)22-12-10-21(3)11-13-22;1-14-5-4-9-10-6-8(7-15)13-11(10)2-3-12(9)14;10-5-9(13)11-8-3-1-7(6-12)2-4-8;1-2-3-6-4(5)7;1-3-2;2*1-2/h5-6,8-9,14H,4,7,10-13H2,1-3H3;2-3,6-7,13H,4-5H2,1H3;1-4,6H,5,10H2,(H,11,13);2-3H2,1H3,(H3,5,6,7);3H2,1-2H3;1-2H3;1H3. The highest BCUT2D eigenvalue weighted by atomic mass is 35.5. The number of anilines is 2. The number of hydrogen-bond acceptors (Lipinski definition) is 9. The Balaban J connectivity index is 0.000000450. The van der Waals surface area contributed by atoms with E-state index in [4.69, 9.17) is 16.2 Å². The molecule has 0 bridgehead atoms. The normalized spacial score (nSPS) is 12.2. The fourth-order valence-corrected chi connectivity index (χ4v) is 6.81. The number of primary amides is 1. The third-order valence-electron chi connectivity index (χ3n) is 10.0. The molecule has 1 saturated heterocycles. The lowest BCUT2D eigenvalue weighted by atomic mass is 9.96. The van der Waals surface area contributed by atoms with Crippen molar-refractivity contribution in [3.8, 4) is 5.75 Å². The Morgan fingerprint density at radius 3 is 1.97 bits per heavy atom. The summed E-state index contributed by atoms with van der Waals surface area (Å²) in [6.07, 6.45) is 8.24. The molecule has 2 aliphatic heterocycles. The average molecular weight is 932 g/mol. The van der Waals surface area contributed by atoms with E-state index in [0.29, 0.717) is 29.2 Å². The summed E-state index contributed by atoms with van der Waals surface area (Å²) in [6.45, 7) is 19.4. The maximum atomic E-state index is 12.5. The number of nitrogens with two attached hydrogens (primary N) is 2. The van der Waals surface area contributed by atoms with Gasteiger partial charge in [-0.3, -0.25) is 14.4 Å². The van der Waals surface area contributed by atoms with Crippen LogP contribution in [0.2, 0.25) is 0 Å². The van der Waals surface area contributed by atoms with Gasteiger partial charge < -0.3 is 46.5 Å². The Labute approximate surface area is 397 Å². The lowest BCUT2D eigenvalue weighted by Gasteiger charge is -2.31. The number of alkyl halides is 1. The number of hydrogen-bond donors (Lipinski definition) is 5. The van der Waals surface area contributed by atoms with Gasteiger partial charge >= 0.3 is 12.1 Å². The second-order valence-corrected chi connectivity index (χ2v) is 15.2. The quantitative estimate of drug-likeness (QED) is 0.0706. The third kappa shape index (κ3) is 18.9. The summed E-state index contributed by atoms with van der Waals surface area (Å²) in [5, 5.41) is 8.41. The number of ether oxygens (including phenoxy) is 1. The summed E-state index contributed by atoms with van der Waals surface area (Å²) in [6, 6.07) is 22.4. The molecule has 66 heavy (non-hydrogen) atoms. The fourth-order valence-electron chi connectivity index (χ4n) is 6.81. The van der Waals surface area contributed by atoms with Crippen molar-refractivity contribution in [3.05, 3.63) is 101 Å². The van der Waals surface area contributed by atoms with Crippen molar-refractivity contribution >= 4 is 75.3 Å². The molecule has 0 unspecified atom stereocenters. The monoisotopic (exact) mass is 931 g/mol. The van der Waals surface area contributed by atoms with Crippen molar-refractivity contribution in [2.75, 3.05) is 76.5 Å². The summed E-state index contributed by atoms with van der Waals surface area (Å²) < 4.78 is 5.78. The number of benzene rings is 4. The molecule has 0 atom stereocenters. The van der Waals surface area contributed by atoms with E-state index in [9.17, 15) is 24.0 Å². The molecule has 7 N–H and O–H groups in total. The molecule has 0 aliphatic carbocycles. The maximum Gasteiger partial charge on any atom is 0.415 e. The second kappa shape index (κ2) is 32.7. The van der Waals surface area contributed by atoms with Crippen LogP contribution in [-0.2, 0) is 17.6 Å². The van der Waals surface area contributed by atoms with E-state index in [1.165, 1.54) is 46.0 Å². The number of rotatable bonds is 9. The number of piperazine rings is 1. The molecule has 0 radical (unpaired) electrons. The van der Waals surface area contributed by atoms with Gasteiger partial charge in [0.2, 0.25) is 5.91 Å². The van der Waals surface area contributed by atoms with E-state index in [1.54, 1.807) is 29.2 Å². The zero-order chi connectivity index (χ0) is 49.6. The van der Waals surface area contributed by atoms with Crippen LogP contribution in [0, 0.1) is 6.92 Å². The number of urea groups is 1. The van der Waals surface area contributed by atoms with Gasteiger partial charge in [0, 0.05) is 85.9 Å². The predicted molar refractivity (Wildman–Crippen MR) is 275 cm³/mol. The van der Waals surface area contributed by atoms with Crippen LogP contribution in [0.3, 0.4) is 0 Å². The number of carbonyl (C=O) groups is 5. The Morgan fingerprint density at radius 2 is 1.44 bits per heavy atom. The lowest BCUT2D eigenvalue weighted by Crippen LogP contribution is -2.48. The van der Waals surface area contributed by atoms with Crippen molar-refractivity contribution < 1.29 is 28.7 Å². The van der Waals surface area contributed by atoms with Gasteiger partial charge in [0.15, 0.2) is 6.29 Å². The van der Waals surface area contributed by atoms with Crippen LogP contribution in [0.1, 0.15) is 98.3 Å². The lowest BCUT2D eigenvalue weighted by molar-refractivity contribution is -0.114. The van der Waals surface area contributed by atoms with Crippen molar-refractivity contribution in [2.24, 2.45) is 11.5 Å². The molecular weight excluding hydrogens is 856 g/mol. The zero-order valence-corrected chi connectivity index (χ0v) is 41.6. The number of aldehydes is 2. The van der Waals surface area contributed by atoms with Gasteiger partial charge in [-0.05, 0) is 104 Å². The molecule has 7 rings (SSSR count). The highest BCUT2D eigenvalue weighted by Gasteiger charge is 2.22. The summed E-state index contributed by atoms with van der Waals surface area (Å²) in [7, 11) is 4.18. The van der Waals surface area contributed by atoms with Gasteiger partial charge in [-0.15, -0.1) is 11.6 Å². The second-order valence-electron chi connectivity index (χ2n) is 15.2. The minimum atomic E-state index is -0.443. The van der Waals surface area contributed by atoms with E-state index in [-0.39, 0.29) is 18.5 Å². The van der Waals surface area contributed by atoms with Gasteiger partial charge in [-0.2, -0.15) is 0 Å². The van der Waals surface area contributed by atoms with Crippen molar-refractivity contribution in [3.63, 3.8) is 0 Å². The molecule has 5 aromatic rings. The Morgan fingerprint density at radius 1 is 0.818 bits per heavy atom. The van der Waals surface area contributed by atoms with Crippen molar-refractivity contribution in [1.82, 2.24) is 20.1 Å². The summed E-state index contributed by atoms with van der Waals surface area (Å²) in [4.78, 5) is 63.6. The van der Waals surface area contributed by atoms with Crippen molar-refractivity contribution in [2.45, 2.75) is 80.6 Å². The van der Waals surface area contributed by atoms with E-state index >= 15 is 0 Å². The zero-order valence-electron chi connectivity index (χ0n) is 40.9. The first-order chi connectivity index (χ1) is 31.8. The molecule has 362 valence electrons. The summed E-state index contributed by atoms with van der Waals surface area (Å²) >= 11 is 4.64. The molecule has 0 spiro atoms. The van der Waals surface area contributed by atoms with E-state index in [1.807, 2.05) is 57.2 Å². The molecule has 4 aromatic carbocycles. The molecule has 2 aliphatic rings. The van der Waals surface area contributed by atoms with Crippen LogP contribution in [0.5, 0.6) is 5.75 Å². The van der Waals surface area contributed by atoms with E-state index in [2.05, 4.69) is 90.9 Å². The molecule has 1 fully saturated rings. The van der Waals surface area contributed by atoms with Crippen LogP contribution in [-0.4, -0.2) is 112 Å². The van der Waals surface area contributed by atoms with Gasteiger partial charge in [-0.1, -0.05) is 78.6 Å². The molecule has 0 saturated carbocycles. The Bertz CT molecular complexity index is 2220. The first-order valence-electron chi connectivity index (χ1n) is 22.8. The molecule has 15 heteroatoms. The number of nitrogens with one attached hydrogen (secondary N) is 3. The maximum absolute atomic E-state index is 12.5. The number of H-pyrrole nitrogens is 1. The smallest absolute Gasteiger partial charge is 0.410 e. The Kier molecular flexibility index (Phi) is 28.7. The molecule has 1 aromatic heterocycles. The predicted octanol–water partition coefficient (Wildman–Crippen LogP) is 9.58. The number of nitrogens with zero attached hydrogens (tertiary/aromatic N) is 3. The highest BCUT2D eigenvalue weighted by molar-refractivity contribution is 6.15. The number of aryl methyl sites for hydroxylation is 2. The largest absolute Gasteiger partial charge is 0.415 e. The number of halogens is 1. The minimum absolute atomic E-state index is 0.0462. The number of aromatic amines is 1. The number of carbonyl (C=O) groups excluding carboxylic acids is 5. The SMILES string of the molecule is CC.CCC.CCCNC(N)=O.CCCc1c(C)cc(OC(=O)N2CCN(C)CC2)c2ccccc12.CCl.CN1CCc2c1ccc1[nH]c(C=O)cc21.NCC(=O)Nc1ccc(C=O)cc1. The fraction of sp³-hybridized carbons (Fsp3) is 0.431. The highest BCUT2D eigenvalue weighted by Crippen LogP contribution is 2.34. The number of amides is 4. The van der Waals surface area contributed by atoms with Gasteiger partial charge in [-0.25, -0.2) is 9.59 Å². The van der Waals surface area contributed by atoms with Gasteiger partial charge in [0.25, 0.3) is 0 Å².